The van der Waals surface area contributed by atoms with E-state index in [2.05, 4.69) is 10.4 Å². The van der Waals surface area contributed by atoms with Gasteiger partial charge in [-0.1, -0.05) is 6.07 Å². The van der Waals surface area contributed by atoms with Gasteiger partial charge in [0.2, 0.25) is 6.79 Å². The van der Waals surface area contributed by atoms with Crippen molar-refractivity contribution in [3.8, 4) is 17.2 Å². The molecule has 7 nitrogen and oxygen atoms in total. The maximum Gasteiger partial charge on any atom is 0.254 e. The highest BCUT2D eigenvalue weighted by molar-refractivity contribution is 5.93. The SMILES string of the molecule is CN(C)C(CNC(=O)c1cnn(-c2ccc(F)cc2)c1)c1ccc2c(c1)OCO2. The van der Waals surface area contributed by atoms with Gasteiger partial charge >= 0.3 is 0 Å². The fourth-order valence-corrected chi connectivity index (χ4v) is 3.19. The number of hydrogen-bond donors (Lipinski definition) is 1. The molecule has 0 bridgehead atoms. The molecule has 1 amide bonds. The molecule has 2 heterocycles. The van der Waals surface area contributed by atoms with Gasteiger partial charge in [0.15, 0.2) is 11.5 Å². The van der Waals surface area contributed by atoms with E-state index in [1.165, 1.54) is 23.0 Å². The van der Waals surface area contributed by atoms with Gasteiger partial charge in [-0.3, -0.25) is 4.79 Å². The number of aromatic nitrogens is 2. The number of carbonyl (C=O) groups excluding carboxylic acids is 1. The van der Waals surface area contributed by atoms with Gasteiger partial charge < -0.3 is 19.7 Å². The van der Waals surface area contributed by atoms with E-state index >= 15 is 0 Å². The Labute approximate surface area is 167 Å². The largest absolute Gasteiger partial charge is 0.454 e. The first-order valence-electron chi connectivity index (χ1n) is 9.16. The average Bonchev–Trinajstić information content (AvgIpc) is 3.37. The number of nitrogens with one attached hydrogen (secondary N) is 1. The van der Waals surface area contributed by atoms with Crippen molar-refractivity contribution in [1.82, 2.24) is 20.0 Å². The Morgan fingerprint density at radius 3 is 2.72 bits per heavy atom. The lowest BCUT2D eigenvalue weighted by molar-refractivity contribution is 0.0942. The fraction of sp³-hybridized carbons (Fsp3) is 0.238. The summed E-state index contributed by atoms with van der Waals surface area (Å²) < 4.78 is 25.4. The molecule has 0 aliphatic carbocycles. The molecule has 1 N–H and O–H groups in total. The summed E-state index contributed by atoms with van der Waals surface area (Å²) >= 11 is 0. The minimum Gasteiger partial charge on any atom is -0.454 e. The third-order valence-corrected chi connectivity index (χ3v) is 4.80. The van der Waals surface area contributed by atoms with Crippen molar-refractivity contribution in [1.29, 1.82) is 0 Å². The number of rotatable bonds is 6. The molecule has 29 heavy (non-hydrogen) atoms. The summed E-state index contributed by atoms with van der Waals surface area (Å²) in [5, 5.41) is 7.14. The second kappa shape index (κ2) is 7.92. The Balaban J connectivity index is 1.44. The van der Waals surface area contributed by atoms with Gasteiger partial charge in [0.25, 0.3) is 5.91 Å². The first-order chi connectivity index (χ1) is 14.0. The van der Waals surface area contributed by atoms with Crippen LogP contribution in [0.25, 0.3) is 5.69 Å². The highest BCUT2D eigenvalue weighted by Gasteiger charge is 2.20. The minimum absolute atomic E-state index is 0.0411. The number of likely N-dealkylation sites (N-methyl/N-ethyl adjacent to an activating group) is 1. The number of ether oxygens (including phenoxy) is 2. The fourth-order valence-electron chi connectivity index (χ4n) is 3.19. The van der Waals surface area contributed by atoms with Crippen molar-refractivity contribution in [2.45, 2.75) is 6.04 Å². The van der Waals surface area contributed by atoms with E-state index in [4.69, 9.17) is 9.47 Å². The predicted octanol–water partition coefficient (Wildman–Crippen LogP) is 2.77. The molecule has 4 rings (SSSR count). The van der Waals surface area contributed by atoms with Crippen LogP contribution in [0.5, 0.6) is 11.5 Å². The van der Waals surface area contributed by atoms with Gasteiger partial charge in [0.05, 0.1) is 23.5 Å². The third kappa shape index (κ3) is 4.07. The van der Waals surface area contributed by atoms with Crippen molar-refractivity contribution in [3.63, 3.8) is 0 Å². The standard InChI is InChI=1S/C21H21FN4O3/c1-25(2)18(14-3-8-19-20(9-14)29-13-28-19)11-23-21(27)15-10-24-26(12-15)17-6-4-16(22)5-7-17/h3-10,12,18H,11,13H2,1-2H3,(H,23,27). The Hall–Kier alpha value is -3.39. The van der Waals surface area contributed by atoms with Crippen LogP contribution in [0, 0.1) is 5.82 Å². The van der Waals surface area contributed by atoms with E-state index in [1.807, 2.05) is 37.2 Å². The predicted molar refractivity (Wildman–Crippen MR) is 105 cm³/mol. The van der Waals surface area contributed by atoms with Crippen molar-refractivity contribution in [2.24, 2.45) is 0 Å². The Bertz CT molecular complexity index is 1020. The van der Waals surface area contributed by atoms with Gasteiger partial charge in [-0.05, 0) is 56.1 Å². The van der Waals surface area contributed by atoms with Crippen molar-refractivity contribution >= 4 is 5.91 Å². The van der Waals surface area contributed by atoms with Crippen LogP contribution in [0.3, 0.4) is 0 Å². The number of fused-ring (bicyclic) bond motifs is 1. The Morgan fingerprint density at radius 2 is 1.97 bits per heavy atom. The van der Waals surface area contributed by atoms with Crippen LogP contribution in [0.1, 0.15) is 22.0 Å². The number of carbonyl (C=O) groups is 1. The molecule has 8 heteroatoms. The molecule has 1 atom stereocenters. The molecule has 150 valence electrons. The molecule has 0 spiro atoms. The van der Waals surface area contributed by atoms with E-state index in [0.29, 0.717) is 23.5 Å². The van der Waals surface area contributed by atoms with E-state index in [9.17, 15) is 9.18 Å². The molecule has 1 aromatic heterocycles. The zero-order valence-electron chi connectivity index (χ0n) is 16.1. The first-order valence-corrected chi connectivity index (χ1v) is 9.16. The quantitative estimate of drug-likeness (QED) is 0.694. The molecular weight excluding hydrogens is 375 g/mol. The average molecular weight is 396 g/mol. The van der Waals surface area contributed by atoms with Gasteiger partial charge in [0, 0.05) is 12.7 Å². The second-order valence-electron chi connectivity index (χ2n) is 6.95. The van der Waals surface area contributed by atoms with Crippen LogP contribution in [0.2, 0.25) is 0 Å². The number of nitrogens with zero attached hydrogens (tertiary/aromatic N) is 3. The summed E-state index contributed by atoms with van der Waals surface area (Å²) in [6.07, 6.45) is 3.11. The molecule has 0 saturated heterocycles. The van der Waals surface area contributed by atoms with Gasteiger partial charge in [0.1, 0.15) is 5.82 Å². The summed E-state index contributed by atoms with van der Waals surface area (Å²) in [5.41, 5.74) is 2.12. The summed E-state index contributed by atoms with van der Waals surface area (Å²) in [7, 11) is 3.90. The van der Waals surface area contributed by atoms with Gasteiger partial charge in [-0.15, -0.1) is 0 Å². The first kappa shape index (κ1) is 18.9. The van der Waals surface area contributed by atoms with E-state index in [1.54, 1.807) is 18.3 Å². The van der Waals surface area contributed by atoms with E-state index < -0.39 is 0 Å². The van der Waals surface area contributed by atoms with Gasteiger partial charge in [-0.25, -0.2) is 9.07 Å². The Kier molecular flexibility index (Phi) is 5.18. The Morgan fingerprint density at radius 1 is 1.21 bits per heavy atom. The van der Waals surface area contributed by atoms with Gasteiger partial charge in [-0.2, -0.15) is 5.10 Å². The van der Waals surface area contributed by atoms with Crippen LogP contribution in [0.4, 0.5) is 4.39 Å². The molecular formula is C21H21FN4O3. The molecule has 2 aromatic carbocycles. The maximum atomic E-state index is 13.1. The lowest BCUT2D eigenvalue weighted by atomic mass is 10.0. The molecule has 1 unspecified atom stereocenters. The summed E-state index contributed by atoms with van der Waals surface area (Å²) in [4.78, 5) is 14.6. The normalized spacial score (nSPS) is 13.5. The summed E-state index contributed by atoms with van der Waals surface area (Å²) in [6.45, 7) is 0.632. The molecule has 3 aromatic rings. The zero-order valence-corrected chi connectivity index (χ0v) is 16.1. The van der Waals surface area contributed by atoms with Crippen LogP contribution in [0.15, 0.2) is 54.9 Å². The minimum atomic E-state index is -0.322. The van der Waals surface area contributed by atoms with Crippen molar-refractivity contribution in [3.05, 3.63) is 71.8 Å². The topological polar surface area (TPSA) is 68.6 Å². The second-order valence-corrected chi connectivity index (χ2v) is 6.95. The lowest BCUT2D eigenvalue weighted by Crippen LogP contribution is -2.34. The molecule has 1 aliphatic rings. The highest BCUT2D eigenvalue weighted by Crippen LogP contribution is 2.34. The lowest BCUT2D eigenvalue weighted by Gasteiger charge is -2.25. The summed E-state index contributed by atoms with van der Waals surface area (Å²) in [5.74, 6) is 0.882. The molecule has 0 saturated carbocycles. The zero-order chi connectivity index (χ0) is 20.4. The smallest absolute Gasteiger partial charge is 0.254 e. The van der Waals surface area contributed by atoms with Crippen LogP contribution >= 0.6 is 0 Å². The number of hydrogen-bond acceptors (Lipinski definition) is 5. The van der Waals surface area contributed by atoms with Crippen molar-refractivity contribution in [2.75, 3.05) is 27.4 Å². The molecule has 0 radical (unpaired) electrons. The van der Waals surface area contributed by atoms with Crippen molar-refractivity contribution < 1.29 is 18.7 Å². The van der Waals surface area contributed by atoms with Crippen LogP contribution in [-0.4, -0.2) is 48.0 Å². The van der Waals surface area contributed by atoms with Crippen LogP contribution < -0.4 is 14.8 Å². The summed E-state index contributed by atoms with van der Waals surface area (Å²) in [6, 6.07) is 11.6. The monoisotopic (exact) mass is 396 g/mol. The highest BCUT2D eigenvalue weighted by atomic mass is 19.1. The number of halogens is 1. The number of benzene rings is 2. The van der Waals surface area contributed by atoms with Crippen LogP contribution in [-0.2, 0) is 0 Å². The maximum absolute atomic E-state index is 13.1. The third-order valence-electron chi connectivity index (χ3n) is 4.80. The molecule has 0 fully saturated rings. The molecule has 1 aliphatic heterocycles. The van der Waals surface area contributed by atoms with E-state index in [-0.39, 0.29) is 24.6 Å². The van der Waals surface area contributed by atoms with E-state index in [0.717, 1.165) is 11.3 Å². The number of amides is 1.